The molecule has 1 aromatic carbocycles. The first-order valence-electron chi connectivity index (χ1n) is 7.94. The summed E-state index contributed by atoms with van der Waals surface area (Å²) in [6.07, 6.45) is 3.69. The first kappa shape index (κ1) is 19.0. The number of alkyl carbamates (subject to hydrolysis) is 1. The third-order valence-corrected chi connectivity index (χ3v) is 3.11. The van der Waals surface area contributed by atoms with E-state index >= 15 is 0 Å². The van der Waals surface area contributed by atoms with Crippen molar-refractivity contribution in [2.24, 2.45) is 0 Å². The van der Waals surface area contributed by atoms with Gasteiger partial charge in [-0.25, -0.2) is 4.79 Å². The van der Waals surface area contributed by atoms with Gasteiger partial charge in [0.1, 0.15) is 11.4 Å². The van der Waals surface area contributed by atoms with Gasteiger partial charge >= 0.3 is 6.09 Å². The molecule has 0 heterocycles. The van der Waals surface area contributed by atoms with Gasteiger partial charge in [0, 0.05) is 25.1 Å². The molecule has 0 aromatic heterocycles. The lowest BCUT2D eigenvalue weighted by atomic mass is 10.0. The van der Waals surface area contributed by atoms with Crippen molar-refractivity contribution in [1.82, 2.24) is 5.32 Å². The Kier molecular flexibility index (Phi) is 7.59. The molecule has 0 aliphatic rings. The van der Waals surface area contributed by atoms with Crippen LogP contribution in [0.5, 0.6) is 0 Å². The summed E-state index contributed by atoms with van der Waals surface area (Å²) in [6, 6.07) is 7.67. The van der Waals surface area contributed by atoms with Crippen molar-refractivity contribution in [2.75, 3.05) is 12.3 Å². The average Bonchev–Trinajstić information content (AvgIpc) is 2.44. The number of hydrogen-bond donors (Lipinski definition) is 2. The molecule has 1 radical (unpaired) electrons. The smallest absolute Gasteiger partial charge is 0.407 e. The fraction of sp³-hybridized carbons (Fsp3) is 0.500. The molecule has 127 valence electrons. The monoisotopic (exact) mass is 319 g/mol. The Morgan fingerprint density at radius 1 is 1.26 bits per heavy atom. The fourth-order valence-electron chi connectivity index (χ4n) is 2.02. The van der Waals surface area contributed by atoms with E-state index in [-0.39, 0.29) is 5.78 Å². The third-order valence-electron chi connectivity index (χ3n) is 3.11. The Labute approximate surface area is 138 Å². The number of carbonyl (C=O) groups excluding carboxylic acids is 2. The van der Waals surface area contributed by atoms with Gasteiger partial charge in [0.05, 0.1) is 0 Å². The normalized spacial score (nSPS) is 11.1. The average molecular weight is 319 g/mol. The van der Waals surface area contributed by atoms with Gasteiger partial charge in [0.15, 0.2) is 0 Å². The second-order valence-electron chi connectivity index (χ2n) is 6.44. The summed E-state index contributed by atoms with van der Waals surface area (Å²) in [5.74, 6) is 0.0884. The Morgan fingerprint density at radius 3 is 2.61 bits per heavy atom. The summed E-state index contributed by atoms with van der Waals surface area (Å²) in [4.78, 5) is 23.2. The van der Waals surface area contributed by atoms with Crippen LogP contribution < -0.4 is 11.1 Å². The molecule has 0 saturated carbocycles. The molecule has 5 nitrogen and oxygen atoms in total. The minimum Gasteiger partial charge on any atom is -0.444 e. The van der Waals surface area contributed by atoms with E-state index < -0.39 is 11.7 Å². The second kappa shape index (κ2) is 9.18. The van der Waals surface area contributed by atoms with Gasteiger partial charge in [-0.15, -0.1) is 0 Å². The number of para-hydroxylation sites is 1. The number of rotatable bonds is 8. The number of Topliss-reactive ketones (excluding diaryl/α,β-unsaturated/α-hetero) is 1. The predicted octanol–water partition coefficient (Wildman–Crippen LogP) is 3.28. The lowest BCUT2D eigenvalue weighted by Gasteiger charge is -2.19. The summed E-state index contributed by atoms with van der Waals surface area (Å²) in [6.45, 7) is 5.86. The van der Waals surface area contributed by atoms with E-state index in [0.717, 1.165) is 17.7 Å². The predicted molar refractivity (Wildman–Crippen MR) is 92.0 cm³/mol. The largest absolute Gasteiger partial charge is 0.444 e. The van der Waals surface area contributed by atoms with E-state index in [1.807, 2.05) is 45.0 Å². The summed E-state index contributed by atoms with van der Waals surface area (Å²) in [5, 5.41) is 2.64. The molecule has 1 amide bonds. The maximum Gasteiger partial charge on any atom is 0.407 e. The zero-order chi connectivity index (χ0) is 17.3. The fourth-order valence-corrected chi connectivity index (χ4v) is 2.02. The van der Waals surface area contributed by atoms with Crippen LogP contribution in [0, 0.1) is 6.42 Å². The van der Waals surface area contributed by atoms with E-state index in [2.05, 4.69) is 5.32 Å². The van der Waals surface area contributed by atoms with E-state index in [1.165, 1.54) is 0 Å². The summed E-state index contributed by atoms with van der Waals surface area (Å²) >= 11 is 0. The van der Waals surface area contributed by atoms with E-state index in [9.17, 15) is 9.59 Å². The molecular formula is C18H27N2O3. The number of aryl methyl sites for hydroxylation is 1. The van der Waals surface area contributed by atoms with E-state index in [0.29, 0.717) is 25.8 Å². The minimum atomic E-state index is -0.507. The van der Waals surface area contributed by atoms with Crippen LogP contribution >= 0.6 is 0 Å². The Hall–Kier alpha value is -2.04. The lowest BCUT2D eigenvalue weighted by molar-refractivity contribution is -0.116. The molecule has 0 fully saturated rings. The van der Waals surface area contributed by atoms with Crippen LogP contribution in [0.3, 0.4) is 0 Å². The molecule has 1 rings (SSSR count). The molecule has 0 unspecified atom stereocenters. The SMILES string of the molecule is CC(C)(C)OC(=O)NCCCC(=O)[CH]CCc1ccccc1N. The first-order chi connectivity index (χ1) is 10.8. The molecule has 0 aliphatic carbocycles. The minimum absolute atomic E-state index is 0.0884. The van der Waals surface area contributed by atoms with Gasteiger partial charge in [0.2, 0.25) is 0 Å². The summed E-state index contributed by atoms with van der Waals surface area (Å²) in [5.41, 5.74) is 7.17. The van der Waals surface area contributed by atoms with Crippen molar-refractivity contribution in [2.45, 2.75) is 52.1 Å². The van der Waals surface area contributed by atoms with Crippen LogP contribution in [0.1, 0.15) is 45.6 Å². The van der Waals surface area contributed by atoms with Crippen LogP contribution in [0.15, 0.2) is 24.3 Å². The van der Waals surface area contributed by atoms with E-state index in [1.54, 1.807) is 6.42 Å². The highest BCUT2D eigenvalue weighted by molar-refractivity contribution is 5.86. The number of nitrogen functional groups attached to an aromatic ring is 1. The number of benzene rings is 1. The van der Waals surface area contributed by atoms with E-state index in [4.69, 9.17) is 10.5 Å². The van der Waals surface area contributed by atoms with Crippen molar-refractivity contribution in [3.05, 3.63) is 36.2 Å². The molecule has 0 aliphatic heterocycles. The van der Waals surface area contributed by atoms with Crippen LogP contribution in [0.4, 0.5) is 10.5 Å². The molecule has 0 saturated heterocycles. The van der Waals surface area contributed by atoms with Crippen molar-refractivity contribution in [3.8, 4) is 0 Å². The van der Waals surface area contributed by atoms with Crippen LogP contribution in [-0.2, 0) is 16.0 Å². The summed E-state index contributed by atoms with van der Waals surface area (Å²) < 4.78 is 5.12. The summed E-state index contributed by atoms with van der Waals surface area (Å²) in [7, 11) is 0. The number of nitrogens with two attached hydrogens (primary N) is 1. The van der Waals surface area contributed by atoms with Crippen molar-refractivity contribution < 1.29 is 14.3 Å². The number of hydrogen-bond acceptors (Lipinski definition) is 4. The highest BCUT2D eigenvalue weighted by atomic mass is 16.6. The maximum atomic E-state index is 11.8. The molecule has 23 heavy (non-hydrogen) atoms. The third kappa shape index (κ3) is 8.86. The quantitative estimate of drug-likeness (QED) is 0.569. The number of anilines is 1. The number of amides is 1. The van der Waals surface area contributed by atoms with Gasteiger partial charge < -0.3 is 15.8 Å². The molecule has 1 aromatic rings. The molecule has 0 atom stereocenters. The standard InChI is InChI=1S/C18H27N2O3/c1-18(2,3)23-17(22)20-13-7-11-15(21)10-6-9-14-8-4-5-12-16(14)19/h4-5,8,10,12H,6-7,9,11,13,19H2,1-3H3,(H,20,22). The number of carbonyl (C=O) groups is 2. The van der Waals surface area contributed by atoms with Crippen molar-refractivity contribution in [1.29, 1.82) is 0 Å². The topological polar surface area (TPSA) is 81.4 Å². The van der Waals surface area contributed by atoms with Gasteiger partial charge in [-0.2, -0.15) is 0 Å². The van der Waals surface area contributed by atoms with Gasteiger partial charge in [-0.3, -0.25) is 4.79 Å². The first-order valence-corrected chi connectivity index (χ1v) is 7.94. The Balaban J connectivity index is 2.11. The maximum absolute atomic E-state index is 11.8. The Bertz CT molecular complexity index is 521. The van der Waals surface area contributed by atoms with Gasteiger partial charge in [-0.05, 0) is 51.7 Å². The molecule has 5 heteroatoms. The van der Waals surface area contributed by atoms with Crippen LogP contribution in [-0.4, -0.2) is 24.0 Å². The van der Waals surface area contributed by atoms with Crippen molar-refractivity contribution >= 4 is 17.6 Å². The zero-order valence-corrected chi connectivity index (χ0v) is 14.2. The molecule has 0 spiro atoms. The zero-order valence-electron chi connectivity index (χ0n) is 14.2. The number of nitrogens with one attached hydrogen (secondary N) is 1. The molecule has 0 bridgehead atoms. The highest BCUT2D eigenvalue weighted by Crippen LogP contribution is 2.13. The molecule has 3 N–H and O–H groups in total. The molecular weight excluding hydrogens is 292 g/mol. The Morgan fingerprint density at radius 2 is 1.96 bits per heavy atom. The number of ether oxygens (including phenoxy) is 1. The van der Waals surface area contributed by atoms with Crippen LogP contribution in [0.25, 0.3) is 0 Å². The lowest BCUT2D eigenvalue weighted by Crippen LogP contribution is -2.33. The number of ketones is 1. The van der Waals surface area contributed by atoms with Crippen LogP contribution in [0.2, 0.25) is 0 Å². The van der Waals surface area contributed by atoms with Crippen molar-refractivity contribution in [3.63, 3.8) is 0 Å². The van der Waals surface area contributed by atoms with Gasteiger partial charge in [0.25, 0.3) is 0 Å². The second-order valence-corrected chi connectivity index (χ2v) is 6.44. The highest BCUT2D eigenvalue weighted by Gasteiger charge is 2.15. The van der Waals surface area contributed by atoms with Gasteiger partial charge in [-0.1, -0.05) is 18.2 Å².